The van der Waals surface area contributed by atoms with Gasteiger partial charge < -0.3 is 9.39 Å². The first-order chi connectivity index (χ1) is 4.77. The van der Waals surface area contributed by atoms with Crippen molar-refractivity contribution in [2.24, 2.45) is 0 Å². The topological polar surface area (TPSA) is 37.3 Å². The molecule has 1 N–H and O–H groups in total. The molecule has 0 bridgehead atoms. The second kappa shape index (κ2) is 14.7. The van der Waals surface area contributed by atoms with Crippen LogP contribution in [0.1, 0.15) is 49.7 Å². The fourth-order valence-corrected chi connectivity index (χ4v) is 0.880. The van der Waals surface area contributed by atoms with E-state index in [4.69, 9.17) is 5.11 Å². The molecule has 0 rings (SSSR count). The summed E-state index contributed by atoms with van der Waals surface area (Å²) < 4.78 is 0. The predicted molar refractivity (Wildman–Crippen MR) is 50.1 cm³/mol. The maximum Gasteiger partial charge on any atom is 2.00 e. The van der Waals surface area contributed by atoms with Gasteiger partial charge in [-0.25, -0.2) is 0 Å². The van der Waals surface area contributed by atoms with E-state index < -0.39 is 5.97 Å². The molecule has 0 aliphatic carbocycles. The Labute approximate surface area is 117 Å². The predicted octanol–water partition coefficient (Wildman–Crippen LogP) is -0.608. The van der Waals surface area contributed by atoms with E-state index in [-0.39, 0.29) is 56.9 Å². The first-order valence-corrected chi connectivity index (χ1v) is 3.99. The van der Waals surface area contributed by atoms with Gasteiger partial charge in [-0.15, -0.1) is 0 Å². The van der Waals surface area contributed by atoms with E-state index in [1.165, 1.54) is 19.3 Å². The van der Waals surface area contributed by atoms with Gasteiger partial charge in [0.25, 0.3) is 0 Å². The molecule has 0 aromatic carbocycles. The van der Waals surface area contributed by atoms with Gasteiger partial charge in [-0.3, -0.25) is 4.79 Å². The van der Waals surface area contributed by atoms with Crippen LogP contribution >= 0.6 is 0 Å². The molecule has 0 unspecified atom stereocenters. The summed E-state index contributed by atoms with van der Waals surface area (Å²) in [7, 11) is 0. The molecule has 0 radical (unpaired) electrons. The molecule has 0 heterocycles. The fraction of sp³-hybridized carbons (Fsp3) is 0.875. The van der Waals surface area contributed by atoms with Crippen LogP contribution in [0.3, 0.4) is 0 Å². The van der Waals surface area contributed by atoms with Crippen LogP contribution in [0.15, 0.2) is 0 Å². The molecule has 0 amide bonds. The summed E-state index contributed by atoms with van der Waals surface area (Å²) in [6.07, 6.45) is 5.88. The van der Waals surface area contributed by atoms with Crippen molar-refractivity contribution < 1.29 is 43.7 Å². The molecule has 2 nitrogen and oxygen atoms in total. The van der Waals surface area contributed by atoms with Gasteiger partial charge in [-0.2, -0.15) is 0 Å². The molecule has 0 aliphatic rings. The van der Waals surface area contributed by atoms with Gasteiger partial charge in [0.15, 0.2) is 0 Å². The quantitative estimate of drug-likeness (QED) is 0.453. The summed E-state index contributed by atoms with van der Waals surface area (Å²) in [5.74, 6) is -0.670. The second-order valence-electron chi connectivity index (χ2n) is 2.56. The van der Waals surface area contributed by atoms with Gasteiger partial charge >= 0.3 is 58.6 Å². The maximum absolute atomic E-state index is 10.0. The van der Waals surface area contributed by atoms with Crippen molar-refractivity contribution in [1.29, 1.82) is 0 Å². The molecule has 0 aliphatic heterocycles. The van der Waals surface area contributed by atoms with Crippen LogP contribution in [0.4, 0.5) is 0 Å². The van der Waals surface area contributed by atoms with Gasteiger partial charge in [0.2, 0.25) is 0 Å². The second-order valence-corrected chi connectivity index (χ2v) is 2.56. The first-order valence-electron chi connectivity index (χ1n) is 3.99. The molecule has 0 aromatic heterocycles. The van der Waals surface area contributed by atoms with Crippen LogP contribution in [0, 0.1) is 0 Å². The number of carbonyl (C=O) groups is 1. The third-order valence-electron chi connectivity index (χ3n) is 1.49. The smallest absolute Gasteiger partial charge is 1.00 e. The first kappa shape index (κ1) is 18.9. The van der Waals surface area contributed by atoms with E-state index in [1.807, 2.05) is 0 Å². The number of hydrogen-bond donors (Lipinski definition) is 1. The minimum Gasteiger partial charge on any atom is -1.00 e. The van der Waals surface area contributed by atoms with Crippen molar-refractivity contribution in [3.05, 3.63) is 0 Å². The Morgan fingerprint density at radius 2 is 1.75 bits per heavy atom. The number of aliphatic carboxylic acids is 1. The Morgan fingerprint density at radius 1 is 1.25 bits per heavy atom. The molecular formula is C8H19MgNaO2. The van der Waals surface area contributed by atoms with E-state index in [1.54, 1.807) is 0 Å². The zero-order chi connectivity index (χ0) is 7.82. The number of carboxylic acids is 1. The summed E-state index contributed by atoms with van der Waals surface area (Å²) in [4.78, 5) is 10.0. The molecule has 0 saturated carbocycles. The van der Waals surface area contributed by atoms with Crippen molar-refractivity contribution in [3.8, 4) is 0 Å². The largest absolute Gasteiger partial charge is 2.00 e. The van der Waals surface area contributed by atoms with Crippen molar-refractivity contribution in [2.45, 2.75) is 45.4 Å². The summed E-state index contributed by atoms with van der Waals surface area (Å²) in [6, 6.07) is 0. The molecule has 12 heavy (non-hydrogen) atoms. The van der Waals surface area contributed by atoms with Crippen molar-refractivity contribution in [2.75, 3.05) is 0 Å². The molecule has 4 heteroatoms. The number of carboxylic acid groups (broad SMARTS) is 1. The third kappa shape index (κ3) is 17.4. The summed E-state index contributed by atoms with van der Waals surface area (Å²) in [5.41, 5.74) is 0. The van der Waals surface area contributed by atoms with E-state index in [9.17, 15) is 4.79 Å². The molecule has 0 atom stereocenters. The van der Waals surface area contributed by atoms with Crippen LogP contribution in [0.2, 0.25) is 0 Å². The zero-order valence-corrected chi connectivity index (χ0v) is 11.7. The number of rotatable bonds is 6. The summed E-state index contributed by atoms with van der Waals surface area (Å²) in [5, 5.41) is 8.27. The number of unbranched alkanes of at least 4 members (excludes halogenated alkanes) is 4. The van der Waals surface area contributed by atoms with Gasteiger partial charge in [-0.05, 0) is 6.42 Å². The SMILES string of the molecule is CCCCCCCC(=O)O.[H-].[H-].[H-].[Mg+2].[Na+]. The fourth-order valence-electron chi connectivity index (χ4n) is 0.880. The summed E-state index contributed by atoms with van der Waals surface area (Å²) >= 11 is 0. The molecular weight excluding hydrogens is 175 g/mol. The minimum atomic E-state index is -0.670. The van der Waals surface area contributed by atoms with Gasteiger partial charge in [0, 0.05) is 6.42 Å². The van der Waals surface area contributed by atoms with Crippen LogP contribution in [-0.2, 0) is 4.79 Å². The Hall–Kier alpha value is 1.24. The van der Waals surface area contributed by atoms with Crippen LogP contribution in [-0.4, -0.2) is 34.1 Å². The molecule has 66 valence electrons. The Morgan fingerprint density at radius 3 is 2.17 bits per heavy atom. The van der Waals surface area contributed by atoms with E-state index in [0.717, 1.165) is 12.8 Å². The normalized spacial score (nSPS) is 8.08. The minimum absolute atomic E-state index is 0. The van der Waals surface area contributed by atoms with Gasteiger partial charge in [0.1, 0.15) is 0 Å². The Balaban J connectivity index is -0.0000000405. The molecule has 0 aromatic rings. The molecule has 0 fully saturated rings. The van der Waals surface area contributed by atoms with E-state index in [2.05, 4.69) is 6.92 Å². The number of hydrogen-bond acceptors (Lipinski definition) is 1. The molecule has 0 saturated heterocycles. The van der Waals surface area contributed by atoms with E-state index in [0.29, 0.717) is 6.42 Å². The standard InChI is InChI=1S/C8H16O2.Mg.Na.3H/c1-2-3-4-5-6-7-8(9)10;;;;;/h2-7H2,1H3,(H,9,10);;;;;/q;+2;+1;3*-1. The summed E-state index contributed by atoms with van der Waals surface area (Å²) in [6.45, 7) is 2.15. The van der Waals surface area contributed by atoms with Crippen LogP contribution in [0.5, 0.6) is 0 Å². The van der Waals surface area contributed by atoms with Gasteiger partial charge in [0.05, 0.1) is 0 Å². The van der Waals surface area contributed by atoms with Crippen molar-refractivity contribution >= 4 is 29.0 Å². The van der Waals surface area contributed by atoms with Crippen molar-refractivity contribution in [3.63, 3.8) is 0 Å². The maximum atomic E-state index is 10.0. The Kier molecular flexibility index (Phi) is 23.2. The third-order valence-corrected chi connectivity index (χ3v) is 1.49. The van der Waals surface area contributed by atoms with E-state index >= 15 is 0 Å². The zero-order valence-electron chi connectivity index (χ0n) is 11.3. The van der Waals surface area contributed by atoms with Gasteiger partial charge in [-0.1, -0.05) is 32.6 Å². The van der Waals surface area contributed by atoms with Crippen molar-refractivity contribution in [1.82, 2.24) is 0 Å². The van der Waals surface area contributed by atoms with Crippen LogP contribution in [0.25, 0.3) is 0 Å². The monoisotopic (exact) mass is 194 g/mol. The molecule has 0 spiro atoms. The average molecular weight is 195 g/mol. The Bertz CT molecular complexity index is 110. The van der Waals surface area contributed by atoms with Crippen LogP contribution < -0.4 is 29.6 Å². The average Bonchev–Trinajstić information content (AvgIpc) is 1.87.